The molecule has 1 atom stereocenters. The van der Waals surface area contributed by atoms with Gasteiger partial charge in [0.25, 0.3) is 0 Å². The second-order valence-corrected chi connectivity index (χ2v) is 7.23. The molecule has 1 amide bonds. The van der Waals surface area contributed by atoms with Gasteiger partial charge in [-0.3, -0.25) is 4.79 Å². The quantitative estimate of drug-likeness (QED) is 0.766. The molecular weight excluding hydrogens is 238 g/mol. The lowest BCUT2D eigenvalue weighted by atomic mass is 9.60. The third-order valence-corrected chi connectivity index (χ3v) is 6.08. The molecular formula is C15H25N3O. The zero-order valence-electron chi connectivity index (χ0n) is 11.7. The molecule has 4 rings (SSSR count). The van der Waals surface area contributed by atoms with Crippen LogP contribution in [0.2, 0.25) is 0 Å². The van der Waals surface area contributed by atoms with E-state index >= 15 is 0 Å². The topological polar surface area (TPSA) is 44.4 Å². The summed E-state index contributed by atoms with van der Waals surface area (Å²) < 4.78 is 0. The average Bonchev–Trinajstić information content (AvgIpc) is 3.07. The van der Waals surface area contributed by atoms with Crippen molar-refractivity contribution in [2.45, 2.75) is 32.1 Å². The molecule has 0 aromatic rings. The minimum Gasteiger partial charge on any atom is -0.356 e. The van der Waals surface area contributed by atoms with E-state index in [1.165, 1.54) is 38.8 Å². The highest BCUT2D eigenvalue weighted by molar-refractivity contribution is 5.86. The van der Waals surface area contributed by atoms with Crippen LogP contribution in [-0.4, -0.2) is 50.1 Å². The van der Waals surface area contributed by atoms with Gasteiger partial charge >= 0.3 is 0 Å². The van der Waals surface area contributed by atoms with Gasteiger partial charge in [0.2, 0.25) is 5.91 Å². The first kappa shape index (κ1) is 12.2. The highest BCUT2D eigenvalue weighted by atomic mass is 16.2. The molecule has 3 heterocycles. The van der Waals surface area contributed by atoms with E-state index in [2.05, 4.69) is 15.5 Å². The molecule has 4 aliphatic rings. The number of fused-ring (bicyclic) bond motifs is 1. The third kappa shape index (κ3) is 1.76. The molecule has 2 spiro atoms. The highest BCUT2D eigenvalue weighted by Gasteiger charge is 2.63. The van der Waals surface area contributed by atoms with Crippen molar-refractivity contribution in [1.29, 1.82) is 0 Å². The van der Waals surface area contributed by atoms with Gasteiger partial charge in [0.15, 0.2) is 0 Å². The lowest BCUT2D eigenvalue weighted by Gasteiger charge is -2.43. The maximum Gasteiger partial charge on any atom is 0.228 e. The molecule has 19 heavy (non-hydrogen) atoms. The molecule has 0 bridgehead atoms. The number of piperidine rings is 1. The summed E-state index contributed by atoms with van der Waals surface area (Å²) in [6.45, 7) is 6.50. The number of rotatable bonds is 2. The molecule has 106 valence electrons. The van der Waals surface area contributed by atoms with Crippen LogP contribution in [0.15, 0.2) is 0 Å². The number of nitrogens with zero attached hydrogens (tertiary/aromatic N) is 1. The zero-order valence-corrected chi connectivity index (χ0v) is 11.7. The summed E-state index contributed by atoms with van der Waals surface area (Å²) in [7, 11) is 0. The predicted molar refractivity (Wildman–Crippen MR) is 73.8 cm³/mol. The van der Waals surface area contributed by atoms with E-state index < -0.39 is 0 Å². The van der Waals surface area contributed by atoms with Gasteiger partial charge in [-0.05, 0) is 51.1 Å². The first-order valence-electron chi connectivity index (χ1n) is 7.96. The Labute approximate surface area is 115 Å². The molecule has 3 aliphatic heterocycles. The van der Waals surface area contributed by atoms with E-state index in [4.69, 9.17) is 0 Å². The van der Waals surface area contributed by atoms with Gasteiger partial charge in [0.05, 0.1) is 5.41 Å². The number of hydrogen-bond donors (Lipinski definition) is 2. The van der Waals surface area contributed by atoms with Crippen LogP contribution in [0.5, 0.6) is 0 Å². The van der Waals surface area contributed by atoms with E-state index in [0.29, 0.717) is 5.91 Å². The SMILES string of the molecule is O=C1NCC[C@]12CN(CC1CC1)CC21CCNCC1. The van der Waals surface area contributed by atoms with Crippen LogP contribution in [0.25, 0.3) is 0 Å². The van der Waals surface area contributed by atoms with Crippen molar-refractivity contribution in [3.63, 3.8) is 0 Å². The van der Waals surface area contributed by atoms with Crippen molar-refractivity contribution < 1.29 is 4.79 Å². The van der Waals surface area contributed by atoms with Crippen molar-refractivity contribution in [1.82, 2.24) is 15.5 Å². The molecule has 0 radical (unpaired) electrons. The minimum absolute atomic E-state index is 0.0655. The normalized spacial score (nSPS) is 38.2. The maximum absolute atomic E-state index is 12.6. The lowest BCUT2D eigenvalue weighted by Crippen LogP contribution is -2.51. The van der Waals surface area contributed by atoms with Gasteiger partial charge in [-0.2, -0.15) is 0 Å². The Balaban J connectivity index is 1.63. The number of hydrogen-bond acceptors (Lipinski definition) is 3. The number of amides is 1. The van der Waals surface area contributed by atoms with Crippen molar-refractivity contribution >= 4 is 5.91 Å². The van der Waals surface area contributed by atoms with Gasteiger partial charge < -0.3 is 15.5 Å². The van der Waals surface area contributed by atoms with Crippen molar-refractivity contribution in [3.8, 4) is 0 Å². The molecule has 2 N–H and O–H groups in total. The van der Waals surface area contributed by atoms with Gasteiger partial charge in [0.1, 0.15) is 0 Å². The van der Waals surface area contributed by atoms with Crippen LogP contribution in [0.3, 0.4) is 0 Å². The second-order valence-electron chi connectivity index (χ2n) is 7.23. The molecule has 0 aromatic heterocycles. The van der Waals surface area contributed by atoms with Gasteiger partial charge in [0, 0.05) is 31.6 Å². The Hall–Kier alpha value is -0.610. The fourth-order valence-electron chi connectivity index (χ4n) is 4.85. The molecule has 1 saturated carbocycles. The molecule has 4 heteroatoms. The molecule has 1 aliphatic carbocycles. The fourth-order valence-corrected chi connectivity index (χ4v) is 4.85. The Morgan fingerprint density at radius 3 is 2.53 bits per heavy atom. The highest BCUT2D eigenvalue weighted by Crippen LogP contribution is 2.56. The van der Waals surface area contributed by atoms with E-state index in [1.54, 1.807) is 0 Å². The lowest BCUT2D eigenvalue weighted by molar-refractivity contribution is -0.133. The summed E-state index contributed by atoms with van der Waals surface area (Å²) >= 11 is 0. The minimum atomic E-state index is -0.0655. The monoisotopic (exact) mass is 263 g/mol. The van der Waals surface area contributed by atoms with Crippen LogP contribution >= 0.6 is 0 Å². The Bertz CT molecular complexity index is 387. The van der Waals surface area contributed by atoms with Crippen LogP contribution in [-0.2, 0) is 4.79 Å². The molecule has 0 unspecified atom stereocenters. The number of carbonyl (C=O) groups excluding carboxylic acids is 1. The van der Waals surface area contributed by atoms with Crippen LogP contribution < -0.4 is 10.6 Å². The molecule has 4 fully saturated rings. The summed E-state index contributed by atoms with van der Waals surface area (Å²) in [5.41, 5.74) is 0.192. The summed E-state index contributed by atoms with van der Waals surface area (Å²) in [5.74, 6) is 1.28. The smallest absolute Gasteiger partial charge is 0.228 e. The zero-order chi connectivity index (χ0) is 12.9. The first-order chi connectivity index (χ1) is 9.24. The van der Waals surface area contributed by atoms with Gasteiger partial charge in [-0.15, -0.1) is 0 Å². The summed E-state index contributed by atoms with van der Waals surface area (Å²) in [5, 5.41) is 6.60. The molecule has 0 aromatic carbocycles. The number of carbonyl (C=O) groups is 1. The van der Waals surface area contributed by atoms with E-state index in [1.807, 2.05) is 0 Å². The maximum atomic E-state index is 12.6. The van der Waals surface area contributed by atoms with E-state index in [0.717, 1.165) is 38.5 Å². The largest absolute Gasteiger partial charge is 0.356 e. The van der Waals surface area contributed by atoms with Crippen LogP contribution in [0.4, 0.5) is 0 Å². The third-order valence-electron chi connectivity index (χ3n) is 6.08. The van der Waals surface area contributed by atoms with Gasteiger partial charge in [-0.25, -0.2) is 0 Å². The number of likely N-dealkylation sites (tertiary alicyclic amines) is 1. The van der Waals surface area contributed by atoms with Crippen LogP contribution in [0.1, 0.15) is 32.1 Å². The van der Waals surface area contributed by atoms with Gasteiger partial charge in [-0.1, -0.05) is 0 Å². The predicted octanol–water partition coefficient (Wildman–Crippen LogP) is 0.588. The summed E-state index contributed by atoms with van der Waals surface area (Å²) in [6, 6.07) is 0. The van der Waals surface area contributed by atoms with Crippen molar-refractivity contribution in [2.24, 2.45) is 16.7 Å². The fraction of sp³-hybridized carbons (Fsp3) is 0.933. The van der Waals surface area contributed by atoms with Crippen molar-refractivity contribution in [3.05, 3.63) is 0 Å². The molecule has 3 saturated heterocycles. The first-order valence-corrected chi connectivity index (χ1v) is 7.96. The Morgan fingerprint density at radius 1 is 1.11 bits per heavy atom. The van der Waals surface area contributed by atoms with E-state index in [-0.39, 0.29) is 10.8 Å². The summed E-state index contributed by atoms with van der Waals surface area (Å²) in [4.78, 5) is 15.2. The second kappa shape index (κ2) is 4.19. The Kier molecular flexibility index (Phi) is 2.68. The van der Waals surface area contributed by atoms with Crippen LogP contribution in [0, 0.1) is 16.7 Å². The number of nitrogens with one attached hydrogen (secondary N) is 2. The van der Waals surface area contributed by atoms with Crippen molar-refractivity contribution in [2.75, 3.05) is 39.3 Å². The summed E-state index contributed by atoms with van der Waals surface area (Å²) in [6.07, 6.45) is 6.24. The Morgan fingerprint density at radius 2 is 1.89 bits per heavy atom. The molecule has 4 nitrogen and oxygen atoms in total. The average molecular weight is 263 g/mol. The van der Waals surface area contributed by atoms with E-state index in [9.17, 15) is 4.79 Å². The standard InChI is InChI=1S/C15H25N3O/c19-13-15(5-8-17-13)11-18(9-12-1-2-12)10-14(15)3-6-16-7-4-14/h12,16H,1-11H2,(H,17,19)/t15-/m0/s1.